The van der Waals surface area contributed by atoms with Crippen molar-refractivity contribution >= 4 is 9.84 Å². The lowest BCUT2D eigenvalue weighted by Crippen LogP contribution is -2.43. The van der Waals surface area contributed by atoms with Gasteiger partial charge in [0.2, 0.25) is 0 Å². The van der Waals surface area contributed by atoms with E-state index in [-0.39, 0.29) is 11.0 Å². The van der Waals surface area contributed by atoms with E-state index in [9.17, 15) is 8.42 Å². The Bertz CT molecular complexity index is 303. The van der Waals surface area contributed by atoms with Crippen molar-refractivity contribution in [3.8, 4) is 0 Å². The lowest BCUT2D eigenvalue weighted by molar-refractivity contribution is 0.380. The third kappa shape index (κ3) is 4.11. The maximum atomic E-state index is 12.1. The van der Waals surface area contributed by atoms with Crippen LogP contribution in [-0.4, -0.2) is 25.0 Å². The predicted molar refractivity (Wildman–Crippen MR) is 63.5 cm³/mol. The summed E-state index contributed by atoms with van der Waals surface area (Å²) in [5.74, 6) is 0.650. The van der Waals surface area contributed by atoms with Gasteiger partial charge in [0.25, 0.3) is 0 Å². The summed E-state index contributed by atoms with van der Waals surface area (Å²) >= 11 is 0. The van der Waals surface area contributed by atoms with E-state index in [0.29, 0.717) is 5.92 Å². The first-order chi connectivity index (χ1) is 6.71. The Morgan fingerprint density at radius 2 is 1.93 bits per heavy atom. The molecular weight excluding hydrogens is 210 g/mol. The van der Waals surface area contributed by atoms with E-state index in [1.165, 1.54) is 0 Å². The minimum absolute atomic E-state index is 0.109. The molecule has 1 fully saturated rings. The van der Waals surface area contributed by atoms with Crippen molar-refractivity contribution in [1.82, 2.24) is 0 Å². The number of nitrogens with two attached hydrogens (primary N) is 1. The Hall–Kier alpha value is -0.0900. The Morgan fingerprint density at radius 1 is 1.33 bits per heavy atom. The molecule has 15 heavy (non-hydrogen) atoms. The van der Waals surface area contributed by atoms with Crippen LogP contribution in [0.2, 0.25) is 0 Å². The van der Waals surface area contributed by atoms with E-state index >= 15 is 0 Å². The van der Waals surface area contributed by atoms with Gasteiger partial charge in [-0.2, -0.15) is 0 Å². The van der Waals surface area contributed by atoms with E-state index in [0.717, 1.165) is 25.7 Å². The fourth-order valence-corrected chi connectivity index (χ4v) is 4.76. The van der Waals surface area contributed by atoms with Gasteiger partial charge in [-0.05, 0) is 32.6 Å². The Balaban J connectivity index is 2.69. The van der Waals surface area contributed by atoms with Crippen LogP contribution in [0.5, 0.6) is 0 Å². The van der Waals surface area contributed by atoms with Crippen LogP contribution in [0.4, 0.5) is 0 Å². The van der Waals surface area contributed by atoms with Crippen molar-refractivity contribution < 1.29 is 8.42 Å². The molecule has 0 amide bonds. The monoisotopic (exact) mass is 233 g/mol. The van der Waals surface area contributed by atoms with Crippen LogP contribution in [0.15, 0.2) is 0 Å². The van der Waals surface area contributed by atoms with Crippen LogP contribution >= 0.6 is 0 Å². The summed E-state index contributed by atoms with van der Waals surface area (Å²) in [5, 5.41) is -0.149. The summed E-state index contributed by atoms with van der Waals surface area (Å²) in [5.41, 5.74) is 5.17. The fourth-order valence-electron chi connectivity index (χ4n) is 2.34. The van der Waals surface area contributed by atoms with E-state index in [2.05, 4.69) is 6.92 Å². The highest BCUT2D eigenvalue weighted by Gasteiger charge is 2.33. The van der Waals surface area contributed by atoms with Crippen LogP contribution < -0.4 is 5.73 Å². The van der Waals surface area contributed by atoms with Crippen LogP contribution in [0.3, 0.4) is 0 Å². The first-order valence-corrected chi connectivity index (χ1v) is 7.43. The van der Waals surface area contributed by atoms with Crippen molar-refractivity contribution in [2.75, 3.05) is 5.75 Å². The van der Waals surface area contributed by atoms with Crippen molar-refractivity contribution in [2.24, 2.45) is 11.7 Å². The fraction of sp³-hybridized carbons (Fsp3) is 1.00. The van der Waals surface area contributed by atoms with Crippen LogP contribution in [-0.2, 0) is 9.84 Å². The summed E-state index contributed by atoms with van der Waals surface area (Å²) in [6.45, 7) is 5.68. The summed E-state index contributed by atoms with van der Waals surface area (Å²) < 4.78 is 24.1. The summed E-state index contributed by atoms with van der Waals surface area (Å²) in [6, 6.07) is 0. The maximum absolute atomic E-state index is 12.1. The summed E-state index contributed by atoms with van der Waals surface area (Å²) in [6.07, 6.45) is 3.84. The molecule has 90 valence electrons. The van der Waals surface area contributed by atoms with Crippen molar-refractivity contribution in [3.63, 3.8) is 0 Å². The number of rotatable bonds is 3. The van der Waals surface area contributed by atoms with Gasteiger partial charge in [-0.1, -0.05) is 19.8 Å². The zero-order valence-electron chi connectivity index (χ0n) is 9.99. The molecule has 4 heteroatoms. The lowest BCUT2D eigenvalue weighted by atomic mass is 9.91. The van der Waals surface area contributed by atoms with Gasteiger partial charge >= 0.3 is 0 Å². The molecule has 3 nitrogen and oxygen atoms in total. The van der Waals surface area contributed by atoms with E-state index in [1.54, 1.807) is 13.8 Å². The van der Waals surface area contributed by atoms with Crippen LogP contribution in [0.1, 0.15) is 46.5 Å². The molecule has 1 aliphatic rings. The van der Waals surface area contributed by atoms with Gasteiger partial charge in [0.1, 0.15) is 0 Å². The molecule has 0 heterocycles. The molecule has 1 aliphatic carbocycles. The summed E-state index contributed by atoms with van der Waals surface area (Å²) in [4.78, 5) is 0. The molecule has 2 unspecified atom stereocenters. The molecule has 0 radical (unpaired) electrons. The Labute approximate surface area is 93.3 Å². The molecule has 0 bridgehead atoms. The Kier molecular flexibility index (Phi) is 3.82. The molecule has 0 aliphatic heterocycles. The van der Waals surface area contributed by atoms with Gasteiger partial charge in [-0.25, -0.2) is 8.42 Å². The SMILES string of the molecule is CC1CCCC(S(=O)(=O)CC(C)(C)N)C1. The summed E-state index contributed by atoms with van der Waals surface area (Å²) in [7, 11) is -3.00. The molecule has 1 saturated carbocycles. The van der Waals surface area contributed by atoms with Crippen LogP contribution in [0, 0.1) is 5.92 Å². The first-order valence-electron chi connectivity index (χ1n) is 5.71. The van der Waals surface area contributed by atoms with Gasteiger partial charge in [0.05, 0.1) is 11.0 Å². The normalized spacial score (nSPS) is 29.1. The third-order valence-electron chi connectivity index (χ3n) is 2.97. The van der Waals surface area contributed by atoms with Crippen molar-refractivity contribution in [1.29, 1.82) is 0 Å². The van der Waals surface area contributed by atoms with Crippen molar-refractivity contribution in [3.05, 3.63) is 0 Å². The van der Waals surface area contributed by atoms with Gasteiger partial charge in [0, 0.05) is 5.54 Å². The average molecular weight is 233 g/mol. The third-order valence-corrected chi connectivity index (χ3v) is 5.56. The second kappa shape index (κ2) is 4.42. The zero-order chi connectivity index (χ0) is 11.7. The second-order valence-corrected chi connectivity index (χ2v) is 7.97. The Morgan fingerprint density at radius 3 is 2.40 bits per heavy atom. The molecule has 0 aromatic carbocycles. The minimum Gasteiger partial charge on any atom is -0.325 e. The number of hydrogen-bond donors (Lipinski definition) is 1. The first kappa shape index (κ1) is 13.0. The number of hydrogen-bond acceptors (Lipinski definition) is 3. The zero-order valence-corrected chi connectivity index (χ0v) is 10.8. The lowest BCUT2D eigenvalue weighted by Gasteiger charge is -2.29. The highest BCUT2D eigenvalue weighted by atomic mass is 32.2. The van der Waals surface area contributed by atoms with Gasteiger partial charge in [-0.3, -0.25) is 0 Å². The molecule has 0 aromatic rings. The average Bonchev–Trinajstić information content (AvgIpc) is 1.99. The number of sulfone groups is 1. The quantitative estimate of drug-likeness (QED) is 0.807. The van der Waals surface area contributed by atoms with Gasteiger partial charge in [-0.15, -0.1) is 0 Å². The van der Waals surface area contributed by atoms with Gasteiger partial charge < -0.3 is 5.73 Å². The molecule has 2 atom stereocenters. The van der Waals surface area contributed by atoms with Crippen LogP contribution in [0.25, 0.3) is 0 Å². The molecule has 0 aromatic heterocycles. The highest BCUT2D eigenvalue weighted by molar-refractivity contribution is 7.92. The maximum Gasteiger partial charge on any atom is 0.154 e. The highest BCUT2D eigenvalue weighted by Crippen LogP contribution is 2.29. The smallest absolute Gasteiger partial charge is 0.154 e. The van der Waals surface area contributed by atoms with Gasteiger partial charge in [0.15, 0.2) is 9.84 Å². The molecule has 1 rings (SSSR count). The standard InChI is InChI=1S/C11H23NO2S/c1-9-5-4-6-10(7-9)15(13,14)8-11(2,3)12/h9-10H,4-8,12H2,1-3H3. The topological polar surface area (TPSA) is 60.2 Å². The van der Waals surface area contributed by atoms with E-state index in [1.807, 2.05) is 0 Å². The minimum atomic E-state index is -3.00. The predicted octanol–water partition coefficient (Wildman–Crippen LogP) is 1.72. The second-order valence-electron chi connectivity index (χ2n) is 5.69. The van der Waals surface area contributed by atoms with E-state index in [4.69, 9.17) is 5.73 Å². The van der Waals surface area contributed by atoms with E-state index < -0.39 is 15.4 Å². The largest absolute Gasteiger partial charge is 0.325 e. The molecule has 0 saturated heterocycles. The van der Waals surface area contributed by atoms with Crippen molar-refractivity contribution in [2.45, 2.75) is 57.2 Å². The molecular formula is C11H23NO2S. The molecule has 2 N–H and O–H groups in total. The molecule has 0 spiro atoms.